The predicted molar refractivity (Wildman–Crippen MR) is 96.6 cm³/mol. The maximum atomic E-state index is 5.41. The number of hydrogen-bond acceptors (Lipinski definition) is 6. The molecule has 3 rings (SSSR count). The Morgan fingerprint density at radius 3 is 3.00 bits per heavy atom. The molecule has 0 aliphatic carbocycles. The van der Waals surface area contributed by atoms with Gasteiger partial charge in [-0.05, 0) is 18.9 Å². The summed E-state index contributed by atoms with van der Waals surface area (Å²) in [5.41, 5.74) is 1.18. The van der Waals surface area contributed by atoms with Gasteiger partial charge in [0.25, 0.3) is 0 Å². The fourth-order valence-electron chi connectivity index (χ4n) is 3.21. The summed E-state index contributed by atoms with van der Waals surface area (Å²) in [7, 11) is 3.59. The predicted octanol–water partition coefficient (Wildman–Crippen LogP) is 2.29. The van der Waals surface area contributed by atoms with Crippen LogP contribution in [0.2, 0.25) is 0 Å². The van der Waals surface area contributed by atoms with Gasteiger partial charge in [-0.1, -0.05) is 18.2 Å². The van der Waals surface area contributed by atoms with E-state index in [0.717, 1.165) is 37.0 Å². The molecular weight excluding hydrogens is 302 g/mol. The van der Waals surface area contributed by atoms with E-state index < -0.39 is 0 Å². The minimum atomic E-state index is 0.458. The average molecular weight is 327 g/mol. The van der Waals surface area contributed by atoms with E-state index in [1.165, 1.54) is 18.4 Å². The van der Waals surface area contributed by atoms with Crippen molar-refractivity contribution in [3.05, 3.63) is 42.2 Å². The lowest BCUT2D eigenvalue weighted by Gasteiger charge is -2.26. The SMILES string of the molecule is CNc1cc(N2CCCC2CNCc2ccccc2OC)ncn1. The summed E-state index contributed by atoms with van der Waals surface area (Å²) in [4.78, 5) is 11.0. The Hall–Kier alpha value is -2.34. The van der Waals surface area contributed by atoms with Crippen molar-refractivity contribution < 1.29 is 4.74 Å². The number of para-hydroxylation sites is 1. The summed E-state index contributed by atoms with van der Waals surface area (Å²) in [6.45, 7) is 2.78. The largest absolute Gasteiger partial charge is 0.496 e. The molecule has 6 nitrogen and oxygen atoms in total. The smallest absolute Gasteiger partial charge is 0.134 e. The molecule has 1 atom stereocenters. The van der Waals surface area contributed by atoms with Gasteiger partial charge < -0.3 is 20.3 Å². The lowest BCUT2D eigenvalue weighted by atomic mass is 10.2. The van der Waals surface area contributed by atoms with Gasteiger partial charge in [-0.2, -0.15) is 0 Å². The topological polar surface area (TPSA) is 62.3 Å². The van der Waals surface area contributed by atoms with Crippen LogP contribution in [0.15, 0.2) is 36.7 Å². The number of anilines is 2. The van der Waals surface area contributed by atoms with Gasteiger partial charge in [0.1, 0.15) is 23.7 Å². The van der Waals surface area contributed by atoms with Crippen molar-refractivity contribution in [3.63, 3.8) is 0 Å². The number of methoxy groups -OCH3 is 1. The Kier molecular flexibility index (Phi) is 5.48. The van der Waals surface area contributed by atoms with Crippen LogP contribution in [0, 0.1) is 0 Å². The van der Waals surface area contributed by atoms with Gasteiger partial charge in [-0.15, -0.1) is 0 Å². The molecule has 6 heteroatoms. The second-order valence-electron chi connectivity index (χ2n) is 5.94. The van der Waals surface area contributed by atoms with Crippen LogP contribution in [-0.2, 0) is 6.54 Å². The molecule has 0 amide bonds. The van der Waals surface area contributed by atoms with E-state index in [2.05, 4.69) is 31.6 Å². The summed E-state index contributed by atoms with van der Waals surface area (Å²) in [6, 6.07) is 10.6. The maximum absolute atomic E-state index is 5.41. The summed E-state index contributed by atoms with van der Waals surface area (Å²) in [5.74, 6) is 2.78. The quantitative estimate of drug-likeness (QED) is 0.813. The minimum Gasteiger partial charge on any atom is -0.496 e. The second-order valence-corrected chi connectivity index (χ2v) is 5.94. The average Bonchev–Trinajstić information content (AvgIpc) is 3.10. The highest BCUT2D eigenvalue weighted by Crippen LogP contribution is 2.24. The van der Waals surface area contributed by atoms with Gasteiger partial charge in [0.2, 0.25) is 0 Å². The minimum absolute atomic E-state index is 0.458. The van der Waals surface area contributed by atoms with Crippen LogP contribution in [-0.4, -0.2) is 43.3 Å². The second kappa shape index (κ2) is 7.97. The monoisotopic (exact) mass is 327 g/mol. The number of aromatic nitrogens is 2. The number of rotatable bonds is 7. The Labute approximate surface area is 143 Å². The number of nitrogens with one attached hydrogen (secondary N) is 2. The van der Waals surface area contributed by atoms with E-state index in [-0.39, 0.29) is 0 Å². The molecule has 1 aliphatic heterocycles. The van der Waals surface area contributed by atoms with Crippen molar-refractivity contribution in [2.75, 3.05) is 37.5 Å². The highest BCUT2D eigenvalue weighted by Gasteiger charge is 2.25. The highest BCUT2D eigenvalue weighted by molar-refractivity contribution is 5.49. The van der Waals surface area contributed by atoms with Crippen LogP contribution >= 0.6 is 0 Å². The van der Waals surface area contributed by atoms with Gasteiger partial charge in [0.15, 0.2) is 0 Å². The zero-order chi connectivity index (χ0) is 16.8. The van der Waals surface area contributed by atoms with Crippen molar-refractivity contribution >= 4 is 11.6 Å². The van der Waals surface area contributed by atoms with Crippen molar-refractivity contribution in [1.29, 1.82) is 0 Å². The van der Waals surface area contributed by atoms with E-state index in [1.54, 1.807) is 13.4 Å². The molecule has 1 aliphatic rings. The Balaban J connectivity index is 1.60. The Morgan fingerprint density at radius 1 is 1.29 bits per heavy atom. The first-order chi connectivity index (χ1) is 11.8. The lowest BCUT2D eigenvalue weighted by Crippen LogP contribution is -2.38. The summed E-state index contributed by atoms with van der Waals surface area (Å²) < 4.78 is 5.41. The van der Waals surface area contributed by atoms with E-state index >= 15 is 0 Å². The molecule has 2 heterocycles. The van der Waals surface area contributed by atoms with Crippen molar-refractivity contribution in [2.24, 2.45) is 0 Å². The first-order valence-electron chi connectivity index (χ1n) is 8.41. The van der Waals surface area contributed by atoms with E-state index in [4.69, 9.17) is 4.74 Å². The molecule has 0 radical (unpaired) electrons. The van der Waals surface area contributed by atoms with Gasteiger partial charge in [0, 0.05) is 44.4 Å². The fourth-order valence-corrected chi connectivity index (χ4v) is 3.21. The van der Waals surface area contributed by atoms with Gasteiger partial charge >= 0.3 is 0 Å². The van der Waals surface area contributed by atoms with Crippen molar-refractivity contribution in [1.82, 2.24) is 15.3 Å². The third kappa shape index (κ3) is 3.76. The number of hydrogen-bond donors (Lipinski definition) is 2. The third-order valence-corrected chi connectivity index (χ3v) is 4.47. The van der Waals surface area contributed by atoms with Gasteiger partial charge in [-0.3, -0.25) is 0 Å². The molecule has 1 unspecified atom stereocenters. The van der Waals surface area contributed by atoms with Gasteiger partial charge in [-0.25, -0.2) is 9.97 Å². The van der Waals surface area contributed by atoms with Crippen molar-refractivity contribution in [3.8, 4) is 5.75 Å². The maximum Gasteiger partial charge on any atom is 0.134 e. The van der Waals surface area contributed by atoms with Gasteiger partial charge in [0.05, 0.1) is 7.11 Å². The molecule has 0 spiro atoms. The number of nitrogens with zero attached hydrogens (tertiary/aromatic N) is 3. The Bertz CT molecular complexity index is 663. The molecule has 1 aromatic carbocycles. The van der Waals surface area contributed by atoms with E-state index in [9.17, 15) is 0 Å². The summed E-state index contributed by atoms with van der Waals surface area (Å²) in [5, 5.41) is 6.64. The molecule has 0 saturated carbocycles. The molecule has 2 N–H and O–H groups in total. The van der Waals surface area contributed by atoms with E-state index in [1.807, 2.05) is 31.3 Å². The van der Waals surface area contributed by atoms with E-state index in [0.29, 0.717) is 6.04 Å². The number of benzene rings is 1. The molecular formula is C18H25N5O. The third-order valence-electron chi connectivity index (χ3n) is 4.47. The molecule has 2 aromatic rings. The highest BCUT2D eigenvalue weighted by atomic mass is 16.5. The summed E-state index contributed by atoms with van der Waals surface area (Å²) in [6.07, 6.45) is 4.00. The molecule has 1 saturated heterocycles. The van der Waals surface area contributed by atoms with Crippen LogP contribution in [0.1, 0.15) is 18.4 Å². The Morgan fingerprint density at radius 2 is 2.17 bits per heavy atom. The normalized spacial score (nSPS) is 17.1. The van der Waals surface area contributed by atoms with Crippen LogP contribution in [0.3, 0.4) is 0 Å². The fraction of sp³-hybridized carbons (Fsp3) is 0.444. The first-order valence-corrected chi connectivity index (χ1v) is 8.41. The molecule has 128 valence electrons. The van der Waals surface area contributed by atoms with Crippen LogP contribution in [0.5, 0.6) is 5.75 Å². The zero-order valence-corrected chi connectivity index (χ0v) is 14.3. The van der Waals surface area contributed by atoms with Crippen molar-refractivity contribution in [2.45, 2.75) is 25.4 Å². The lowest BCUT2D eigenvalue weighted by molar-refractivity contribution is 0.407. The standard InChI is InChI=1S/C18H25N5O/c1-19-17-10-18(22-13-21-17)23-9-5-7-15(23)12-20-11-14-6-3-4-8-16(14)24-2/h3-4,6,8,10,13,15,20H,5,7,9,11-12H2,1-2H3,(H,19,21,22). The molecule has 0 bridgehead atoms. The molecule has 1 fully saturated rings. The molecule has 1 aromatic heterocycles. The first kappa shape index (κ1) is 16.5. The van der Waals surface area contributed by atoms with Crippen LogP contribution in [0.4, 0.5) is 11.6 Å². The zero-order valence-electron chi connectivity index (χ0n) is 14.3. The molecule has 24 heavy (non-hydrogen) atoms. The van der Waals surface area contributed by atoms with Crippen LogP contribution < -0.4 is 20.3 Å². The number of ether oxygens (including phenoxy) is 1. The van der Waals surface area contributed by atoms with Crippen LogP contribution in [0.25, 0.3) is 0 Å². The summed E-state index contributed by atoms with van der Waals surface area (Å²) >= 11 is 0.